The first-order chi connectivity index (χ1) is 9.52. The van der Waals surface area contributed by atoms with E-state index in [4.69, 9.17) is 11.6 Å². The second-order valence-electron chi connectivity index (χ2n) is 4.19. The Bertz CT molecular complexity index is 646. The molecule has 0 spiro atoms. The lowest BCUT2D eigenvalue weighted by Gasteiger charge is -2.25. The van der Waals surface area contributed by atoms with E-state index >= 15 is 0 Å². The zero-order valence-electron chi connectivity index (χ0n) is 10.8. The van der Waals surface area contributed by atoms with Gasteiger partial charge in [-0.1, -0.05) is 17.7 Å². The number of carboxylic acid groups (broad SMARTS) is 1. The van der Waals surface area contributed by atoms with Crippen LogP contribution < -0.4 is 4.90 Å². The van der Waals surface area contributed by atoms with Gasteiger partial charge in [0.1, 0.15) is 5.82 Å². The van der Waals surface area contributed by atoms with Crippen molar-refractivity contribution in [3.63, 3.8) is 0 Å². The molecule has 0 saturated carbocycles. The van der Waals surface area contributed by atoms with Gasteiger partial charge < -0.3 is 10.0 Å². The van der Waals surface area contributed by atoms with Crippen molar-refractivity contribution in [2.45, 2.75) is 6.92 Å². The Morgan fingerprint density at radius 1 is 1.30 bits per heavy atom. The molecule has 0 amide bonds. The second kappa shape index (κ2) is 5.92. The Balaban J connectivity index is 2.55. The van der Waals surface area contributed by atoms with Crippen molar-refractivity contribution in [1.82, 2.24) is 0 Å². The molecule has 2 rings (SSSR count). The lowest BCUT2D eigenvalue weighted by molar-refractivity contribution is 0.0697. The normalized spacial score (nSPS) is 10.3. The van der Waals surface area contributed by atoms with Gasteiger partial charge in [0.2, 0.25) is 0 Å². The molecule has 0 atom stereocenters. The Morgan fingerprint density at radius 3 is 2.65 bits per heavy atom. The van der Waals surface area contributed by atoms with Gasteiger partial charge in [-0.05, 0) is 43.3 Å². The summed E-state index contributed by atoms with van der Waals surface area (Å²) in [4.78, 5) is 13.1. The fourth-order valence-corrected chi connectivity index (χ4v) is 2.22. The van der Waals surface area contributed by atoms with Crippen molar-refractivity contribution < 1.29 is 14.3 Å². The maximum Gasteiger partial charge on any atom is 0.337 e. The third-order valence-corrected chi connectivity index (χ3v) is 3.15. The van der Waals surface area contributed by atoms with Crippen LogP contribution in [0.5, 0.6) is 0 Å². The number of hydrogen-bond acceptors (Lipinski definition) is 2. The summed E-state index contributed by atoms with van der Waals surface area (Å²) < 4.78 is 13.3. The Morgan fingerprint density at radius 2 is 2.05 bits per heavy atom. The number of carboxylic acids is 1. The summed E-state index contributed by atoms with van der Waals surface area (Å²) in [7, 11) is 0. The van der Waals surface area contributed by atoms with Gasteiger partial charge in [-0.25, -0.2) is 9.18 Å². The number of anilines is 2. The van der Waals surface area contributed by atoms with E-state index in [9.17, 15) is 14.3 Å². The van der Waals surface area contributed by atoms with Crippen LogP contribution in [0, 0.1) is 5.82 Å². The predicted octanol–water partition coefficient (Wildman–Crippen LogP) is 4.34. The number of nitrogens with zero attached hydrogens (tertiary/aromatic N) is 1. The van der Waals surface area contributed by atoms with Crippen LogP contribution in [0.15, 0.2) is 42.5 Å². The molecular formula is C15H13ClFNO2. The van der Waals surface area contributed by atoms with E-state index in [1.165, 1.54) is 18.2 Å². The summed E-state index contributed by atoms with van der Waals surface area (Å²) in [5, 5.41) is 9.63. The minimum atomic E-state index is -1.07. The number of rotatable bonds is 4. The minimum absolute atomic E-state index is 0.0867. The van der Waals surface area contributed by atoms with Crippen LogP contribution in [0.2, 0.25) is 5.02 Å². The van der Waals surface area contributed by atoms with Crippen molar-refractivity contribution in [3.05, 3.63) is 58.9 Å². The molecule has 2 aromatic rings. The molecule has 0 saturated heterocycles. The van der Waals surface area contributed by atoms with Gasteiger partial charge in [0.15, 0.2) is 0 Å². The van der Waals surface area contributed by atoms with Gasteiger partial charge in [0.25, 0.3) is 0 Å². The van der Waals surface area contributed by atoms with Crippen molar-refractivity contribution in [2.75, 3.05) is 11.4 Å². The van der Waals surface area contributed by atoms with Crippen LogP contribution in [0.1, 0.15) is 17.3 Å². The maximum absolute atomic E-state index is 13.3. The molecule has 0 bridgehead atoms. The van der Waals surface area contributed by atoms with Crippen LogP contribution in [0.25, 0.3) is 0 Å². The zero-order valence-corrected chi connectivity index (χ0v) is 11.6. The average molecular weight is 294 g/mol. The lowest BCUT2D eigenvalue weighted by Crippen LogP contribution is -2.19. The molecule has 0 aliphatic rings. The predicted molar refractivity (Wildman–Crippen MR) is 77.5 cm³/mol. The molecule has 20 heavy (non-hydrogen) atoms. The molecule has 5 heteroatoms. The average Bonchev–Trinajstić information content (AvgIpc) is 2.41. The van der Waals surface area contributed by atoms with E-state index in [-0.39, 0.29) is 11.4 Å². The van der Waals surface area contributed by atoms with E-state index in [1.54, 1.807) is 29.2 Å². The highest BCUT2D eigenvalue weighted by Crippen LogP contribution is 2.30. The van der Waals surface area contributed by atoms with Gasteiger partial charge in [-0.15, -0.1) is 0 Å². The number of aromatic carboxylic acids is 1. The van der Waals surface area contributed by atoms with Gasteiger partial charge in [-0.3, -0.25) is 0 Å². The number of benzene rings is 2. The lowest BCUT2D eigenvalue weighted by atomic mass is 10.1. The number of halogens is 2. The van der Waals surface area contributed by atoms with Gasteiger partial charge in [-0.2, -0.15) is 0 Å². The second-order valence-corrected chi connectivity index (χ2v) is 4.63. The molecule has 0 radical (unpaired) electrons. The van der Waals surface area contributed by atoms with Crippen LogP contribution in [0.4, 0.5) is 15.8 Å². The van der Waals surface area contributed by atoms with Gasteiger partial charge in [0, 0.05) is 17.3 Å². The molecular weight excluding hydrogens is 281 g/mol. The SMILES string of the molecule is CCN(c1cccc(F)c1)c1ccc(Cl)cc1C(=O)O. The first-order valence-corrected chi connectivity index (χ1v) is 6.46. The fourth-order valence-electron chi connectivity index (χ4n) is 2.05. The highest BCUT2D eigenvalue weighted by molar-refractivity contribution is 6.31. The first kappa shape index (κ1) is 14.3. The topological polar surface area (TPSA) is 40.5 Å². The van der Waals surface area contributed by atoms with Crippen LogP contribution in [-0.2, 0) is 0 Å². The molecule has 0 aliphatic carbocycles. The van der Waals surface area contributed by atoms with Crippen molar-refractivity contribution in [3.8, 4) is 0 Å². The zero-order chi connectivity index (χ0) is 14.7. The summed E-state index contributed by atoms with van der Waals surface area (Å²) in [5.74, 6) is -1.44. The molecule has 3 nitrogen and oxygen atoms in total. The monoisotopic (exact) mass is 293 g/mol. The molecule has 0 aliphatic heterocycles. The largest absolute Gasteiger partial charge is 0.478 e. The summed E-state index contributed by atoms with van der Waals surface area (Å²) in [6.07, 6.45) is 0. The van der Waals surface area contributed by atoms with E-state index in [1.807, 2.05) is 6.92 Å². The molecule has 104 valence electrons. The smallest absolute Gasteiger partial charge is 0.337 e. The van der Waals surface area contributed by atoms with E-state index in [2.05, 4.69) is 0 Å². The summed E-state index contributed by atoms with van der Waals surface area (Å²) in [6, 6.07) is 10.7. The van der Waals surface area contributed by atoms with Gasteiger partial charge in [0.05, 0.1) is 11.3 Å². The molecule has 0 heterocycles. The van der Waals surface area contributed by atoms with Crippen molar-refractivity contribution in [2.24, 2.45) is 0 Å². The highest BCUT2D eigenvalue weighted by atomic mass is 35.5. The molecule has 0 fully saturated rings. The van der Waals surface area contributed by atoms with E-state index in [0.29, 0.717) is 22.9 Å². The van der Waals surface area contributed by atoms with E-state index < -0.39 is 5.97 Å². The molecule has 1 N–H and O–H groups in total. The van der Waals surface area contributed by atoms with Crippen molar-refractivity contribution in [1.29, 1.82) is 0 Å². The third kappa shape index (κ3) is 2.91. The quantitative estimate of drug-likeness (QED) is 0.912. The summed E-state index contributed by atoms with van der Waals surface area (Å²) in [5.41, 5.74) is 1.16. The number of carbonyl (C=O) groups is 1. The standard InChI is InChI=1S/C15H13ClFNO2/c1-2-18(12-5-3-4-11(17)9-12)14-7-6-10(16)8-13(14)15(19)20/h3-9H,2H2,1H3,(H,19,20). The first-order valence-electron chi connectivity index (χ1n) is 6.09. The summed E-state index contributed by atoms with van der Waals surface area (Å²) in [6.45, 7) is 2.37. The molecule has 0 unspecified atom stereocenters. The molecule has 2 aromatic carbocycles. The summed E-state index contributed by atoms with van der Waals surface area (Å²) >= 11 is 5.84. The van der Waals surface area contributed by atoms with Crippen molar-refractivity contribution >= 4 is 28.9 Å². The van der Waals surface area contributed by atoms with Crippen LogP contribution >= 0.6 is 11.6 Å². The van der Waals surface area contributed by atoms with Crippen LogP contribution in [-0.4, -0.2) is 17.6 Å². The third-order valence-electron chi connectivity index (χ3n) is 2.92. The molecule has 0 aromatic heterocycles. The minimum Gasteiger partial charge on any atom is -0.478 e. The highest BCUT2D eigenvalue weighted by Gasteiger charge is 2.17. The maximum atomic E-state index is 13.3. The van der Waals surface area contributed by atoms with E-state index in [0.717, 1.165) is 0 Å². The van der Waals surface area contributed by atoms with Crippen LogP contribution in [0.3, 0.4) is 0 Å². The number of hydrogen-bond donors (Lipinski definition) is 1. The Kier molecular flexibility index (Phi) is 4.25. The van der Waals surface area contributed by atoms with Gasteiger partial charge >= 0.3 is 5.97 Å². The fraction of sp³-hybridized carbons (Fsp3) is 0.133. The Labute approximate surface area is 121 Å². The Hall–Kier alpha value is -2.07.